The van der Waals surface area contributed by atoms with Gasteiger partial charge in [0.15, 0.2) is 0 Å². The van der Waals surface area contributed by atoms with Gasteiger partial charge in [0.25, 0.3) is 0 Å². The number of pyridine rings is 1. The van der Waals surface area contributed by atoms with E-state index in [1.54, 1.807) is 0 Å². The Kier molecular flexibility index (Phi) is 3.50. The summed E-state index contributed by atoms with van der Waals surface area (Å²) in [7, 11) is 0. The SMILES string of the molecule is CC1(CNc2ccc(C(F)(F)F)cn2)CCCC1. The van der Waals surface area contributed by atoms with E-state index in [2.05, 4.69) is 17.2 Å². The molecular formula is C13H17F3N2. The first kappa shape index (κ1) is 13.2. The molecule has 1 heterocycles. The Balaban J connectivity index is 1.94. The molecule has 1 aromatic heterocycles. The lowest BCUT2D eigenvalue weighted by molar-refractivity contribution is -0.137. The van der Waals surface area contributed by atoms with Crippen molar-refractivity contribution in [2.75, 3.05) is 11.9 Å². The Labute approximate surface area is 105 Å². The highest BCUT2D eigenvalue weighted by Gasteiger charge is 2.31. The fourth-order valence-corrected chi connectivity index (χ4v) is 2.38. The van der Waals surface area contributed by atoms with Crippen molar-refractivity contribution in [1.29, 1.82) is 0 Å². The lowest BCUT2D eigenvalue weighted by Gasteiger charge is -2.24. The maximum Gasteiger partial charge on any atom is 0.417 e. The highest BCUT2D eigenvalue weighted by Crippen LogP contribution is 2.37. The molecule has 1 saturated carbocycles. The zero-order valence-corrected chi connectivity index (χ0v) is 10.3. The molecule has 1 fully saturated rings. The third kappa shape index (κ3) is 3.15. The van der Waals surface area contributed by atoms with Crippen molar-refractivity contribution in [3.8, 4) is 0 Å². The summed E-state index contributed by atoms with van der Waals surface area (Å²) in [5.41, 5.74) is -0.454. The van der Waals surface area contributed by atoms with E-state index < -0.39 is 11.7 Å². The van der Waals surface area contributed by atoms with Gasteiger partial charge in [-0.25, -0.2) is 4.98 Å². The van der Waals surface area contributed by atoms with Gasteiger partial charge in [0.2, 0.25) is 0 Å². The van der Waals surface area contributed by atoms with Gasteiger partial charge in [-0.3, -0.25) is 0 Å². The summed E-state index contributed by atoms with van der Waals surface area (Å²) in [6.45, 7) is 2.97. The van der Waals surface area contributed by atoms with Crippen LogP contribution in [0.5, 0.6) is 0 Å². The maximum absolute atomic E-state index is 12.4. The first-order valence-corrected chi connectivity index (χ1v) is 6.16. The van der Waals surface area contributed by atoms with Crippen LogP contribution in [0.15, 0.2) is 18.3 Å². The zero-order valence-electron chi connectivity index (χ0n) is 10.3. The van der Waals surface area contributed by atoms with Gasteiger partial charge >= 0.3 is 6.18 Å². The minimum Gasteiger partial charge on any atom is -0.370 e. The predicted octanol–water partition coefficient (Wildman–Crippen LogP) is 4.09. The molecule has 1 aromatic rings. The van der Waals surface area contributed by atoms with Crippen molar-refractivity contribution in [2.45, 2.75) is 38.8 Å². The van der Waals surface area contributed by atoms with Crippen LogP contribution in [0.25, 0.3) is 0 Å². The van der Waals surface area contributed by atoms with Gasteiger partial charge in [0, 0.05) is 12.7 Å². The third-order valence-electron chi connectivity index (χ3n) is 3.60. The van der Waals surface area contributed by atoms with E-state index in [-0.39, 0.29) is 5.41 Å². The Hall–Kier alpha value is -1.26. The smallest absolute Gasteiger partial charge is 0.370 e. The quantitative estimate of drug-likeness (QED) is 0.883. The summed E-state index contributed by atoms with van der Waals surface area (Å²) in [6, 6.07) is 2.45. The minimum absolute atomic E-state index is 0.254. The average Bonchev–Trinajstić information content (AvgIpc) is 2.74. The van der Waals surface area contributed by atoms with E-state index in [1.165, 1.54) is 31.7 Å². The molecule has 0 saturated heterocycles. The molecule has 0 atom stereocenters. The third-order valence-corrected chi connectivity index (χ3v) is 3.60. The molecule has 1 aliphatic carbocycles. The number of halogens is 3. The monoisotopic (exact) mass is 258 g/mol. The Morgan fingerprint density at radius 1 is 1.28 bits per heavy atom. The number of nitrogens with zero attached hydrogens (tertiary/aromatic N) is 1. The summed E-state index contributed by atoms with van der Waals surface area (Å²) in [5, 5.41) is 3.13. The number of anilines is 1. The van der Waals surface area contributed by atoms with Crippen LogP contribution in [0.3, 0.4) is 0 Å². The van der Waals surface area contributed by atoms with E-state index in [1.807, 2.05) is 0 Å². The first-order chi connectivity index (χ1) is 8.39. The summed E-state index contributed by atoms with van der Waals surface area (Å²) in [6.07, 6.45) is 1.36. The number of aromatic nitrogens is 1. The van der Waals surface area contributed by atoms with E-state index >= 15 is 0 Å². The van der Waals surface area contributed by atoms with Crippen LogP contribution in [0.4, 0.5) is 19.0 Å². The molecule has 2 rings (SSSR count). The number of alkyl halides is 3. The lowest BCUT2D eigenvalue weighted by Crippen LogP contribution is -2.23. The fraction of sp³-hybridized carbons (Fsp3) is 0.615. The van der Waals surface area contributed by atoms with Gasteiger partial charge in [-0.05, 0) is 30.4 Å². The summed E-state index contributed by atoms with van der Waals surface area (Å²) in [4.78, 5) is 3.81. The van der Waals surface area contributed by atoms with E-state index in [4.69, 9.17) is 0 Å². The minimum atomic E-state index is -4.32. The van der Waals surface area contributed by atoms with Crippen LogP contribution in [0, 0.1) is 5.41 Å². The molecule has 0 amide bonds. The molecule has 0 aromatic carbocycles. The Morgan fingerprint density at radius 3 is 2.44 bits per heavy atom. The topological polar surface area (TPSA) is 24.9 Å². The van der Waals surface area contributed by atoms with Crippen molar-refractivity contribution >= 4 is 5.82 Å². The van der Waals surface area contributed by atoms with Crippen molar-refractivity contribution < 1.29 is 13.2 Å². The molecule has 5 heteroatoms. The molecule has 0 bridgehead atoms. The van der Waals surface area contributed by atoms with Gasteiger partial charge in [-0.2, -0.15) is 13.2 Å². The molecule has 18 heavy (non-hydrogen) atoms. The molecule has 1 N–H and O–H groups in total. The molecule has 0 aliphatic heterocycles. The molecule has 100 valence electrons. The molecule has 2 nitrogen and oxygen atoms in total. The molecule has 0 spiro atoms. The standard InChI is InChI=1S/C13H17F3N2/c1-12(6-2-3-7-12)9-18-11-5-4-10(8-17-11)13(14,15)16/h4-5,8H,2-3,6-7,9H2,1H3,(H,17,18). The normalized spacial score (nSPS) is 18.9. The molecule has 1 aliphatic rings. The van der Waals surface area contributed by atoms with Crippen LogP contribution in [0.2, 0.25) is 0 Å². The Morgan fingerprint density at radius 2 is 1.94 bits per heavy atom. The average molecular weight is 258 g/mol. The molecule has 0 radical (unpaired) electrons. The zero-order chi connectivity index (χ0) is 13.2. The largest absolute Gasteiger partial charge is 0.417 e. The summed E-state index contributed by atoms with van der Waals surface area (Å²) < 4.78 is 37.1. The van der Waals surface area contributed by atoms with Gasteiger partial charge in [-0.15, -0.1) is 0 Å². The van der Waals surface area contributed by atoms with Crippen molar-refractivity contribution in [1.82, 2.24) is 4.98 Å². The molecular weight excluding hydrogens is 241 g/mol. The van der Waals surface area contributed by atoms with Gasteiger partial charge in [0.05, 0.1) is 5.56 Å². The Bertz CT molecular complexity index is 392. The van der Waals surface area contributed by atoms with Gasteiger partial charge in [-0.1, -0.05) is 19.8 Å². The highest BCUT2D eigenvalue weighted by molar-refractivity contribution is 5.36. The van der Waals surface area contributed by atoms with Crippen LogP contribution < -0.4 is 5.32 Å². The predicted molar refractivity (Wildman–Crippen MR) is 64.3 cm³/mol. The maximum atomic E-state index is 12.4. The summed E-state index contributed by atoms with van der Waals surface area (Å²) in [5.74, 6) is 0.510. The number of nitrogens with one attached hydrogen (secondary N) is 1. The second kappa shape index (κ2) is 4.78. The van der Waals surface area contributed by atoms with Crippen molar-refractivity contribution in [3.63, 3.8) is 0 Å². The first-order valence-electron chi connectivity index (χ1n) is 6.16. The van der Waals surface area contributed by atoms with Crippen LogP contribution in [0.1, 0.15) is 38.2 Å². The number of rotatable bonds is 3. The van der Waals surface area contributed by atoms with Gasteiger partial charge < -0.3 is 5.32 Å². The van der Waals surface area contributed by atoms with Crippen LogP contribution >= 0.6 is 0 Å². The van der Waals surface area contributed by atoms with Crippen molar-refractivity contribution in [2.24, 2.45) is 5.41 Å². The highest BCUT2D eigenvalue weighted by atomic mass is 19.4. The summed E-state index contributed by atoms with van der Waals surface area (Å²) >= 11 is 0. The van der Waals surface area contributed by atoms with Crippen LogP contribution in [-0.4, -0.2) is 11.5 Å². The van der Waals surface area contributed by atoms with Gasteiger partial charge in [0.1, 0.15) is 5.82 Å². The van der Waals surface area contributed by atoms with Crippen LogP contribution in [-0.2, 0) is 6.18 Å². The second-order valence-electron chi connectivity index (χ2n) is 5.30. The van der Waals surface area contributed by atoms with E-state index in [0.29, 0.717) is 5.82 Å². The second-order valence-corrected chi connectivity index (χ2v) is 5.30. The van der Waals surface area contributed by atoms with Crippen molar-refractivity contribution in [3.05, 3.63) is 23.9 Å². The van der Waals surface area contributed by atoms with E-state index in [0.717, 1.165) is 18.8 Å². The molecule has 0 unspecified atom stereocenters. The number of hydrogen-bond donors (Lipinski definition) is 1. The lowest BCUT2D eigenvalue weighted by atomic mass is 9.89. The number of hydrogen-bond acceptors (Lipinski definition) is 2. The van der Waals surface area contributed by atoms with E-state index in [9.17, 15) is 13.2 Å². The fourth-order valence-electron chi connectivity index (χ4n) is 2.38.